The molecule has 0 spiro atoms. The number of hydrogen-bond donors (Lipinski definition) is 0. The Morgan fingerprint density at radius 2 is 1.40 bits per heavy atom. The van der Waals surface area contributed by atoms with E-state index in [9.17, 15) is 4.79 Å². The van der Waals surface area contributed by atoms with E-state index in [1.54, 1.807) is 0 Å². The van der Waals surface area contributed by atoms with Crippen LogP contribution in [-0.2, 0) is 4.79 Å². The normalized spacial score (nSPS) is 21.2. The van der Waals surface area contributed by atoms with E-state index < -0.39 is 0 Å². The molecule has 2 aromatic carbocycles. The van der Waals surface area contributed by atoms with Gasteiger partial charge in [0.05, 0.1) is 5.92 Å². The van der Waals surface area contributed by atoms with E-state index in [2.05, 4.69) is 34.1 Å². The number of benzene rings is 2. The van der Waals surface area contributed by atoms with Crippen LogP contribution in [0.15, 0.2) is 60.7 Å². The van der Waals surface area contributed by atoms with Crippen molar-refractivity contribution >= 4 is 5.91 Å². The monoisotopic (exact) mass is 334 g/mol. The molecule has 130 valence electrons. The molecule has 2 aromatic rings. The Morgan fingerprint density at radius 3 is 1.96 bits per heavy atom. The lowest BCUT2D eigenvalue weighted by Gasteiger charge is -2.26. The molecule has 0 aromatic heterocycles. The van der Waals surface area contributed by atoms with Crippen LogP contribution in [0.1, 0.15) is 36.3 Å². The van der Waals surface area contributed by atoms with Crippen LogP contribution in [0.5, 0.6) is 0 Å². The summed E-state index contributed by atoms with van der Waals surface area (Å²) in [6, 6.07) is 21.0. The molecule has 0 aliphatic carbocycles. The first-order valence-electron chi connectivity index (χ1n) is 9.45. The van der Waals surface area contributed by atoms with Gasteiger partial charge in [0, 0.05) is 19.1 Å². The van der Waals surface area contributed by atoms with Gasteiger partial charge in [-0.05, 0) is 43.5 Å². The summed E-state index contributed by atoms with van der Waals surface area (Å²) >= 11 is 0. The van der Waals surface area contributed by atoms with Crippen LogP contribution < -0.4 is 0 Å². The lowest BCUT2D eigenvalue weighted by atomic mass is 9.90. The molecule has 3 nitrogen and oxygen atoms in total. The van der Waals surface area contributed by atoms with E-state index in [1.165, 1.54) is 25.9 Å². The molecule has 0 N–H and O–H groups in total. The first kappa shape index (κ1) is 16.3. The van der Waals surface area contributed by atoms with Gasteiger partial charge in [0.2, 0.25) is 5.91 Å². The number of carbonyl (C=O) groups is 1. The molecule has 2 saturated heterocycles. The third kappa shape index (κ3) is 3.47. The van der Waals surface area contributed by atoms with Crippen molar-refractivity contribution < 1.29 is 4.79 Å². The SMILES string of the molecule is O=C(C(c1ccccc1)c1ccccc1)N1CCC(N2CCCC2)C1. The Labute approximate surface area is 150 Å². The van der Waals surface area contributed by atoms with Gasteiger partial charge < -0.3 is 4.90 Å². The molecule has 2 heterocycles. The number of hydrogen-bond acceptors (Lipinski definition) is 2. The first-order valence-corrected chi connectivity index (χ1v) is 9.45. The topological polar surface area (TPSA) is 23.6 Å². The van der Waals surface area contributed by atoms with Crippen LogP contribution in [0.25, 0.3) is 0 Å². The van der Waals surface area contributed by atoms with E-state index in [4.69, 9.17) is 0 Å². The molecular weight excluding hydrogens is 308 g/mol. The lowest BCUT2D eigenvalue weighted by molar-refractivity contribution is -0.131. The zero-order valence-electron chi connectivity index (χ0n) is 14.7. The Balaban J connectivity index is 1.56. The molecule has 1 amide bonds. The molecule has 2 aliphatic rings. The predicted molar refractivity (Wildman–Crippen MR) is 101 cm³/mol. The number of amides is 1. The lowest BCUT2D eigenvalue weighted by Crippen LogP contribution is -2.39. The summed E-state index contributed by atoms with van der Waals surface area (Å²) in [5.41, 5.74) is 2.17. The molecule has 2 fully saturated rings. The van der Waals surface area contributed by atoms with Gasteiger partial charge in [0.25, 0.3) is 0 Å². The molecular formula is C22H26N2O. The van der Waals surface area contributed by atoms with Gasteiger partial charge in [-0.15, -0.1) is 0 Å². The van der Waals surface area contributed by atoms with Crippen LogP contribution in [0, 0.1) is 0 Å². The van der Waals surface area contributed by atoms with Crippen molar-refractivity contribution in [1.82, 2.24) is 9.80 Å². The zero-order chi connectivity index (χ0) is 17.1. The van der Waals surface area contributed by atoms with Crippen molar-refractivity contribution in [1.29, 1.82) is 0 Å². The van der Waals surface area contributed by atoms with Crippen molar-refractivity contribution in [2.45, 2.75) is 31.2 Å². The molecule has 0 radical (unpaired) electrons. The maximum Gasteiger partial charge on any atom is 0.234 e. The molecule has 2 aliphatic heterocycles. The predicted octanol–water partition coefficient (Wildman–Crippen LogP) is 3.52. The van der Waals surface area contributed by atoms with E-state index in [-0.39, 0.29) is 11.8 Å². The molecule has 0 saturated carbocycles. The van der Waals surface area contributed by atoms with Crippen molar-refractivity contribution in [3.8, 4) is 0 Å². The fraction of sp³-hybridized carbons (Fsp3) is 0.409. The second-order valence-electron chi connectivity index (χ2n) is 7.22. The fourth-order valence-electron chi connectivity index (χ4n) is 4.30. The summed E-state index contributed by atoms with van der Waals surface area (Å²) in [5, 5.41) is 0. The summed E-state index contributed by atoms with van der Waals surface area (Å²) < 4.78 is 0. The third-order valence-corrected chi connectivity index (χ3v) is 5.64. The van der Waals surface area contributed by atoms with Crippen molar-refractivity contribution in [3.63, 3.8) is 0 Å². The Hall–Kier alpha value is -2.13. The Bertz CT molecular complexity index is 655. The maximum atomic E-state index is 13.4. The number of nitrogens with zero attached hydrogens (tertiary/aromatic N) is 2. The van der Waals surface area contributed by atoms with Gasteiger partial charge >= 0.3 is 0 Å². The van der Waals surface area contributed by atoms with Gasteiger partial charge in [0.15, 0.2) is 0 Å². The minimum atomic E-state index is -0.195. The fourth-order valence-corrected chi connectivity index (χ4v) is 4.30. The van der Waals surface area contributed by atoms with E-state index in [0.29, 0.717) is 6.04 Å². The van der Waals surface area contributed by atoms with Gasteiger partial charge in [0.1, 0.15) is 0 Å². The summed E-state index contributed by atoms with van der Waals surface area (Å²) in [6.07, 6.45) is 3.73. The van der Waals surface area contributed by atoms with Crippen molar-refractivity contribution in [2.75, 3.05) is 26.2 Å². The van der Waals surface area contributed by atoms with Gasteiger partial charge in [-0.2, -0.15) is 0 Å². The third-order valence-electron chi connectivity index (χ3n) is 5.64. The summed E-state index contributed by atoms with van der Waals surface area (Å²) in [5.74, 6) is 0.0545. The second kappa shape index (κ2) is 7.40. The largest absolute Gasteiger partial charge is 0.340 e. The molecule has 4 rings (SSSR count). The molecule has 1 unspecified atom stereocenters. The van der Waals surface area contributed by atoms with Gasteiger partial charge in [-0.1, -0.05) is 60.7 Å². The highest BCUT2D eigenvalue weighted by atomic mass is 16.2. The minimum Gasteiger partial charge on any atom is -0.340 e. The van der Waals surface area contributed by atoms with E-state index in [0.717, 1.165) is 30.6 Å². The van der Waals surface area contributed by atoms with Crippen LogP contribution in [0.2, 0.25) is 0 Å². The standard InChI is InChI=1S/C22H26N2O/c25-22(24-16-13-20(17-24)23-14-7-8-15-23)21(18-9-3-1-4-10-18)19-11-5-2-6-12-19/h1-6,9-12,20-21H,7-8,13-17H2. The molecule has 1 atom stereocenters. The zero-order valence-corrected chi connectivity index (χ0v) is 14.7. The second-order valence-corrected chi connectivity index (χ2v) is 7.22. The molecule has 3 heteroatoms. The molecule has 0 bridgehead atoms. The van der Waals surface area contributed by atoms with Gasteiger partial charge in [-0.25, -0.2) is 0 Å². The first-order chi connectivity index (χ1) is 12.3. The number of carbonyl (C=O) groups excluding carboxylic acids is 1. The van der Waals surface area contributed by atoms with Crippen LogP contribution in [-0.4, -0.2) is 47.9 Å². The van der Waals surface area contributed by atoms with E-state index >= 15 is 0 Å². The Kier molecular flexibility index (Phi) is 4.84. The van der Waals surface area contributed by atoms with Crippen molar-refractivity contribution in [2.24, 2.45) is 0 Å². The number of rotatable bonds is 4. The minimum absolute atomic E-state index is 0.195. The Morgan fingerprint density at radius 1 is 0.840 bits per heavy atom. The highest BCUT2D eigenvalue weighted by Gasteiger charge is 2.35. The highest BCUT2D eigenvalue weighted by Crippen LogP contribution is 2.29. The van der Waals surface area contributed by atoms with Crippen molar-refractivity contribution in [3.05, 3.63) is 71.8 Å². The summed E-state index contributed by atoms with van der Waals surface area (Å²) in [4.78, 5) is 18.1. The average molecular weight is 334 g/mol. The van der Waals surface area contributed by atoms with Crippen LogP contribution >= 0.6 is 0 Å². The average Bonchev–Trinajstić information content (AvgIpc) is 3.35. The summed E-state index contributed by atoms with van der Waals surface area (Å²) in [6.45, 7) is 4.17. The maximum absolute atomic E-state index is 13.4. The smallest absolute Gasteiger partial charge is 0.234 e. The van der Waals surface area contributed by atoms with Crippen LogP contribution in [0.3, 0.4) is 0 Å². The van der Waals surface area contributed by atoms with E-state index in [1.807, 2.05) is 36.4 Å². The van der Waals surface area contributed by atoms with Crippen LogP contribution in [0.4, 0.5) is 0 Å². The van der Waals surface area contributed by atoms with Gasteiger partial charge in [-0.3, -0.25) is 9.69 Å². The number of likely N-dealkylation sites (tertiary alicyclic amines) is 2. The quantitative estimate of drug-likeness (QED) is 0.854. The highest BCUT2D eigenvalue weighted by molar-refractivity contribution is 5.87. The molecule has 25 heavy (non-hydrogen) atoms. The summed E-state index contributed by atoms with van der Waals surface area (Å²) in [7, 11) is 0.